The van der Waals surface area contributed by atoms with Crippen LogP contribution in [0.15, 0.2) is 66.7 Å². The Kier molecular flexibility index (Phi) is 6.60. The van der Waals surface area contributed by atoms with Gasteiger partial charge < -0.3 is 10.1 Å². The summed E-state index contributed by atoms with van der Waals surface area (Å²) < 4.78 is 5.91. The van der Waals surface area contributed by atoms with Gasteiger partial charge in [-0.05, 0) is 62.1 Å². The molecule has 0 saturated heterocycles. The molecule has 0 bridgehead atoms. The average Bonchev–Trinajstić information content (AvgIpc) is 2.71. The minimum Gasteiger partial charge on any atom is -0.481 e. The number of benzene rings is 3. The van der Waals surface area contributed by atoms with Crippen molar-refractivity contribution in [1.82, 2.24) is 5.32 Å². The average molecular weight is 408 g/mol. The molecular weight excluding hydrogens is 382 g/mol. The quantitative estimate of drug-likeness (QED) is 0.549. The van der Waals surface area contributed by atoms with Crippen LogP contribution in [-0.2, 0) is 4.79 Å². The Labute approximate surface area is 177 Å². The first-order valence-electron chi connectivity index (χ1n) is 9.70. The highest BCUT2D eigenvalue weighted by Crippen LogP contribution is 2.27. The zero-order valence-corrected chi connectivity index (χ0v) is 18.0. The summed E-state index contributed by atoms with van der Waals surface area (Å²) in [7, 11) is 0. The van der Waals surface area contributed by atoms with E-state index in [1.165, 1.54) is 5.56 Å². The van der Waals surface area contributed by atoms with Crippen molar-refractivity contribution in [2.75, 3.05) is 0 Å². The van der Waals surface area contributed by atoms with E-state index in [1.54, 1.807) is 6.92 Å². The fourth-order valence-electron chi connectivity index (χ4n) is 3.25. The van der Waals surface area contributed by atoms with E-state index in [-0.39, 0.29) is 11.9 Å². The largest absolute Gasteiger partial charge is 0.481 e. The summed E-state index contributed by atoms with van der Waals surface area (Å²) in [6, 6.07) is 21.6. The van der Waals surface area contributed by atoms with Gasteiger partial charge in [-0.1, -0.05) is 71.8 Å². The molecule has 0 fully saturated rings. The molecule has 0 spiro atoms. The molecule has 3 nitrogen and oxygen atoms in total. The molecule has 0 aromatic heterocycles. The van der Waals surface area contributed by atoms with E-state index in [1.807, 2.05) is 75.4 Å². The zero-order valence-electron chi connectivity index (χ0n) is 17.2. The van der Waals surface area contributed by atoms with Crippen LogP contribution in [0.2, 0.25) is 5.02 Å². The van der Waals surface area contributed by atoms with Gasteiger partial charge in [0.25, 0.3) is 5.91 Å². The molecule has 0 aliphatic rings. The first kappa shape index (κ1) is 20.9. The van der Waals surface area contributed by atoms with E-state index in [0.717, 1.165) is 27.3 Å². The van der Waals surface area contributed by atoms with Gasteiger partial charge in [0.15, 0.2) is 6.10 Å². The highest BCUT2D eigenvalue weighted by atomic mass is 35.5. The molecule has 1 amide bonds. The lowest BCUT2D eigenvalue weighted by Crippen LogP contribution is -2.39. The van der Waals surface area contributed by atoms with Crippen LogP contribution in [0.1, 0.15) is 40.8 Å². The third-order valence-corrected chi connectivity index (χ3v) is 5.52. The number of hydrogen-bond acceptors (Lipinski definition) is 2. The summed E-state index contributed by atoms with van der Waals surface area (Å²) in [6.07, 6.45) is -0.647. The fraction of sp³-hybridized carbons (Fsp3) is 0.240. The molecule has 0 saturated carbocycles. The molecule has 150 valence electrons. The third-order valence-electron chi connectivity index (χ3n) is 4.92. The SMILES string of the molecule is Cc1ccc([C@@H](NC(=O)[C@H](C)Oc2cc(C)c(Cl)c(C)c2)c2ccccc2)cc1. The first-order valence-corrected chi connectivity index (χ1v) is 10.1. The van der Waals surface area contributed by atoms with Crippen LogP contribution in [0.4, 0.5) is 0 Å². The number of hydrogen-bond donors (Lipinski definition) is 1. The Morgan fingerprint density at radius 3 is 2.03 bits per heavy atom. The molecule has 2 atom stereocenters. The summed E-state index contributed by atoms with van der Waals surface area (Å²) >= 11 is 6.23. The lowest BCUT2D eigenvalue weighted by molar-refractivity contribution is -0.127. The Morgan fingerprint density at radius 1 is 0.897 bits per heavy atom. The third kappa shape index (κ3) is 5.18. The van der Waals surface area contributed by atoms with Crippen molar-refractivity contribution in [2.45, 2.75) is 39.8 Å². The fourth-order valence-corrected chi connectivity index (χ4v) is 3.36. The summed E-state index contributed by atoms with van der Waals surface area (Å²) in [5.41, 5.74) is 5.08. The lowest BCUT2D eigenvalue weighted by Gasteiger charge is -2.23. The summed E-state index contributed by atoms with van der Waals surface area (Å²) in [4.78, 5) is 12.9. The van der Waals surface area contributed by atoms with Crippen molar-refractivity contribution in [2.24, 2.45) is 0 Å². The van der Waals surface area contributed by atoms with Crippen LogP contribution in [0.5, 0.6) is 5.75 Å². The highest BCUT2D eigenvalue weighted by molar-refractivity contribution is 6.32. The number of rotatable bonds is 6. The van der Waals surface area contributed by atoms with Crippen LogP contribution in [0.3, 0.4) is 0 Å². The van der Waals surface area contributed by atoms with Crippen molar-refractivity contribution in [1.29, 1.82) is 0 Å². The van der Waals surface area contributed by atoms with Gasteiger partial charge in [0.05, 0.1) is 6.04 Å². The van der Waals surface area contributed by atoms with E-state index < -0.39 is 6.10 Å². The molecule has 0 aliphatic heterocycles. The van der Waals surface area contributed by atoms with Gasteiger partial charge in [-0.3, -0.25) is 4.79 Å². The predicted molar refractivity (Wildman–Crippen MR) is 119 cm³/mol. The van der Waals surface area contributed by atoms with E-state index in [0.29, 0.717) is 5.75 Å². The highest BCUT2D eigenvalue weighted by Gasteiger charge is 2.22. The van der Waals surface area contributed by atoms with Crippen molar-refractivity contribution in [3.63, 3.8) is 0 Å². The molecule has 3 aromatic rings. The van der Waals surface area contributed by atoms with Gasteiger partial charge in [-0.25, -0.2) is 0 Å². The van der Waals surface area contributed by atoms with E-state index in [4.69, 9.17) is 16.3 Å². The van der Waals surface area contributed by atoms with Gasteiger partial charge >= 0.3 is 0 Å². The molecule has 0 heterocycles. The Hall–Kier alpha value is -2.78. The normalized spacial score (nSPS) is 12.9. The van der Waals surface area contributed by atoms with Crippen LogP contribution >= 0.6 is 11.6 Å². The molecule has 29 heavy (non-hydrogen) atoms. The second-order valence-corrected chi connectivity index (χ2v) is 7.77. The lowest BCUT2D eigenvalue weighted by atomic mass is 9.97. The van der Waals surface area contributed by atoms with E-state index >= 15 is 0 Å². The maximum Gasteiger partial charge on any atom is 0.261 e. The number of carbonyl (C=O) groups is 1. The van der Waals surface area contributed by atoms with E-state index in [2.05, 4.69) is 17.4 Å². The van der Waals surface area contributed by atoms with Crippen molar-refractivity contribution >= 4 is 17.5 Å². The number of aryl methyl sites for hydroxylation is 3. The standard InChI is InChI=1S/C25H26ClNO2/c1-16-10-12-21(13-11-16)24(20-8-6-5-7-9-20)27-25(28)19(4)29-22-14-17(2)23(26)18(3)15-22/h5-15,19,24H,1-4H3,(H,27,28)/t19-,24-/m0/s1. The Balaban J connectivity index is 1.80. The Morgan fingerprint density at radius 2 is 1.45 bits per heavy atom. The molecular formula is C25H26ClNO2. The van der Waals surface area contributed by atoms with Crippen molar-refractivity contribution in [3.8, 4) is 5.75 Å². The summed E-state index contributed by atoms with van der Waals surface area (Å²) in [6.45, 7) is 7.66. The minimum atomic E-state index is -0.647. The number of amides is 1. The second kappa shape index (κ2) is 9.15. The maximum atomic E-state index is 12.9. The summed E-state index contributed by atoms with van der Waals surface area (Å²) in [5, 5.41) is 3.86. The smallest absolute Gasteiger partial charge is 0.261 e. The van der Waals surface area contributed by atoms with Crippen LogP contribution in [0.25, 0.3) is 0 Å². The van der Waals surface area contributed by atoms with Crippen molar-refractivity contribution < 1.29 is 9.53 Å². The monoisotopic (exact) mass is 407 g/mol. The predicted octanol–water partition coefficient (Wildman–Crippen LogP) is 5.94. The van der Waals surface area contributed by atoms with Gasteiger partial charge in [0.2, 0.25) is 0 Å². The molecule has 1 N–H and O–H groups in total. The van der Waals surface area contributed by atoms with Gasteiger partial charge in [-0.15, -0.1) is 0 Å². The maximum absolute atomic E-state index is 12.9. The van der Waals surface area contributed by atoms with Crippen molar-refractivity contribution in [3.05, 3.63) is 99.6 Å². The summed E-state index contributed by atoms with van der Waals surface area (Å²) in [5.74, 6) is 0.461. The number of ether oxygens (including phenoxy) is 1. The molecule has 4 heteroatoms. The molecule has 0 unspecified atom stereocenters. The van der Waals surface area contributed by atoms with Gasteiger partial charge in [-0.2, -0.15) is 0 Å². The van der Waals surface area contributed by atoms with E-state index in [9.17, 15) is 4.79 Å². The Bertz CT molecular complexity index is 960. The van der Waals surface area contributed by atoms with Crippen LogP contribution < -0.4 is 10.1 Å². The molecule has 0 radical (unpaired) electrons. The second-order valence-electron chi connectivity index (χ2n) is 7.39. The molecule has 3 aromatic carbocycles. The topological polar surface area (TPSA) is 38.3 Å². The molecule has 3 rings (SSSR count). The number of halogens is 1. The van der Waals surface area contributed by atoms with Gasteiger partial charge in [0, 0.05) is 5.02 Å². The first-order chi connectivity index (χ1) is 13.8. The number of nitrogens with one attached hydrogen (secondary N) is 1. The molecule has 0 aliphatic carbocycles. The zero-order chi connectivity index (χ0) is 21.0. The number of carbonyl (C=O) groups excluding carboxylic acids is 1. The van der Waals surface area contributed by atoms with Crippen LogP contribution in [0, 0.1) is 20.8 Å². The van der Waals surface area contributed by atoms with Crippen LogP contribution in [-0.4, -0.2) is 12.0 Å². The minimum absolute atomic E-state index is 0.176. The van der Waals surface area contributed by atoms with Gasteiger partial charge in [0.1, 0.15) is 5.75 Å².